The van der Waals surface area contributed by atoms with Crippen molar-refractivity contribution in [3.8, 4) is 5.75 Å². The van der Waals surface area contributed by atoms with Gasteiger partial charge in [-0.15, -0.1) is 0 Å². The first-order valence-electron chi connectivity index (χ1n) is 8.20. The van der Waals surface area contributed by atoms with Gasteiger partial charge in [-0.2, -0.15) is 0 Å². The Morgan fingerprint density at radius 2 is 1.96 bits per heavy atom. The molecule has 1 aromatic carbocycles. The molecule has 0 saturated carbocycles. The van der Waals surface area contributed by atoms with Crippen molar-refractivity contribution in [2.45, 2.75) is 32.7 Å². The van der Waals surface area contributed by atoms with E-state index in [1.54, 1.807) is 18.7 Å². The third kappa shape index (κ3) is 4.59. The minimum atomic E-state index is -0.554. The van der Waals surface area contributed by atoms with Gasteiger partial charge >= 0.3 is 6.09 Å². The molecule has 6 nitrogen and oxygen atoms in total. The van der Waals surface area contributed by atoms with Crippen LogP contribution in [0.1, 0.15) is 37.0 Å². The average Bonchev–Trinajstić information content (AvgIpc) is 2.57. The van der Waals surface area contributed by atoms with E-state index in [1.165, 1.54) is 18.2 Å². The van der Waals surface area contributed by atoms with Crippen molar-refractivity contribution in [1.29, 1.82) is 0 Å². The van der Waals surface area contributed by atoms with E-state index in [4.69, 9.17) is 9.47 Å². The molecule has 0 radical (unpaired) electrons. The Morgan fingerprint density at radius 1 is 1.25 bits per heavy atom. The summed E-state index contributed by atoms with van der Waals surface area (Å²) in [4.78, 5) is 25.5. The van der Waals surface area contributed by atoms with Crippen LogP contribution in [-0.2, 0) is 4.74 Å². The first kappa shape index (κ1) is 18.0. The second-order valence-electron chi connectivity index (χ2n) is 5.51. The van der Waals surface area contributed by atoms with Gasteiger partial charge in [0, 0.05) is 24.7 Å². The van der Waals surface area contributed by atoms with E-state index in [9.17, 15) is 14.0 Å². The quantitative estimate of drug-likeness (QED) is 0.896. The van der Waals surface area contributed by atoms with Crippen LogP contribution >= 0.6 is 0 Å². The lowest BCUT2D eigenvalue weighted by Crippen LogP contribution is -2.46. The molecule has 0 aromatic heterocycles. The van der Waals surface area contributed by atoms with Gasteiger partial charge in [0.15, 0.2) is 11.6 Å². The summed E-state index contributed by atoms with van der Waals surface area (Å²) in [5.41, 5.74) is 0.253. The van der Waals surface area contributed by atoms with E-state index in [1.807, 2.05) is 0 Å². The highest BCUT2D eigenvalue weighted by atomic mass is 19.1. The molecule has 0 unspecified atom stereocenters. The summed E-state index contributed by atoms with van der Waals surface area (Å²) in [5.74, 6) is -0.745. The lowest BCUT2D eigenvalue weighted by molar-refractivity contribution is 0.0859. The van der Waals surface area contributed by atoms with Crippen molar-refractivity contribution in [1.82, 2.24) is 10.2 Å². The first-order valence-corrected chi connectivity index (χ1v) is 8.20. The molecule has 1 aliphatic rings. The molecule has 0 aliphatic carbocycles. The number of halogens is 1. The number of rotatable bonds is 5. The van der Waals surface area contributed by atoms with Crippen LogP contribution in [0.2, 0.25) is 0 Å². The van der Waals surface area contributed by atoms with Crippen LogP contribution in [0.4, 0.5) is 9.18 Å². The van der Waals surface area contributed by atoms with Crippen LogP contribution in [0.3, 0.4) is 0 Å². The van der Waals surface area contributed by atoms with Crippen molar-refractivity contribution >= 4 is 12.0 Å². The molecule has 1 aromatic rings. The standard InChI is InChI=1S/C17H23FN2O4/c1-3-23-15-6-5-12(11-14(15)18)16(21)19-13-7-9-20(10-8-13)17(22)24-4-2/h5-6,11,13H,3-4,7-10H2,1-2H3,(H,19,21). The third-order valence-electron chi connectivity index (χ3n) is 3.85. The van der Waals surface area contributed by atoms with Gasteiger partial charge in [0.1, 0.15) is 0 Å². The van der Waals surface area contributed by atoms with Crippen molar-refractivity contribution in [2.75, 3.05) is 26.3 Å². The number of amides is 2. The van der Waals surface area contributed by atoms with Gasteiger partial charge in [-0.05, 0) is 44.9 Å². The molecular weight excluding hydrogens is 315 g/mol. The molecule has 24 heavy (non-hydrogen) atoms. The Hall–Kier alpha value is -2.31. The number of carbonyl (C=O) groups excluding carboxylic acids is 2. The van der Waals surface area contributed by atoms with E-state index < -0.39 is 5.82 Å². The predicted octanol–water partition coefficient (Wildman–Crippen LogP) is 2.58. The normalized spacial score (nSPS) is 15.0. The summed E-state index contributed by atoms with van der Waals surface area (Å²) < 4.78 is 23.9. The van der Waals surface area contributed by atoms with Gasteiger partial charge in [0.25, 0.3) is 5.91 Å². The maximum atomic E-state index is 13.8. The van der Waals surface area contributed by atoms with Gasteiger partial charge in [-0.25, -0.2) is 9.18 Å². The number of ether oxygens (including phenoxy) is 2. The molecule has 2 rings (SSSR count). The minimum absolute atomic E-state index is 0.0437. The number of likely N-dealkylation sites (tertiary alicyclic amines) is 1. The fourth-order valence-corrected chi connectivity index (χ4v) is 2.60. The van der Waals surface area contributed by atoms with Crippen molar-refractivity contribution in [3.05, 3.63) is 29.6 Å². The Balaban J connectivity index is 1.87. The van der Waals surface area contributed by atoms with E-state index in [0.717, 1.165) is 0 Å². The van der Waals surface area contributed by atoms with Crippen molar-refractivity contribution < 1.29 is 23.5 Å². The van der Waals surface area contributed by atoms with Gasteiger partial charge in [-0.3, -0.25) is 4.79 Å². The fourth-order valence-electron chi connectivity index (χ4n) is 2.60. The monoisotopic (exact) mass is 338 g/mol. The minimum Gasteiger partial charge on any atom is -0.491 e. The number of hydrogen-bond donors (Lipinski definition) is 1. The summed E-state index contributed by atoms with van der Waals surface area (Å²) in [6.45, 7) is 5.30. The predicted molar refractivity (Wildman–Crippen MR) is 86.7 cm³/mol. The van der Waals surface area contributed by atoms with E-state index >= 15 is 0 Å². The van der Waals surface area contributed by atoms with Crippen LogP contribution in [0.5, 0.6) is 5.75 Å². The highest BCUT2D eigenvalue weighted by molar-refractivity contribution is 5.94. The smallest absolute Gasteiger partial charge is 0.409 e. The highest BCUT2D eigenvalue weighted by Crippen LogP contribution is 2.19. The zero-order valence-electron chi connectivity index (χ0n) is 14.0. The number of nitrogens with one attached hydrogen (secondary N) is 1. The summed E-state index contributed by atoms with van der Waals surface area (Å²) in [6.07, 6.45) is 0.963. The summed E-state index contributed by atoms with van der Waals surface area (Å²) in [6, 6.07) is 4.13. The second-order valence-corrected chi connectivity index (χ2v) is 5.51. The van der Waals surface area contributed by atoms with Gasteiger partial charge < -0.3 is 19.7 Å². The lowest BCUT2D eigenvalue weighted by Gasteiger charge is -2.31. The topological polar surface area (TPSA) is 67.9 Å². The van der Waals surface area contributed by atoms with E-state index in [0.29, 0.717) is 39.1 Å². The molecule has 7 heteroatoms. The van der Waals surface area contributed by atoms with Crippen LogP contribution in [0, 0.1) is 5.82 Å². The SMILES string of the molecule is CCOC(=O)N1CCC(NC(=O)c2ccc(OCC)c(F)c2)CC1. The summed E-state index contributed by atoms with van der Waals surface area (Å²) in [5, 5.41) is 2.88. The molecular formula is C17H23FN2O4. The molecule has 132 valence electrons. The highest BCUT2D eigenvalue weighted by Gasteiger charge is 2.25. The number of benzene rings is 1. The maximum Gasteiger partial charge on any atom is 0.409 e. The molecule has 1 aliphatic heterocycles. The zero-order chi connectivity index (χ0) is 17.5. The van der Waals surface area contributed by atoms with E-state index in [2.05, 4.69) is 5.32 Å². The Bertz CT molecular complexity index is 586. The fraction of sp³-hybridized carbons (Fsp3) is 0.529. The Morgan fingerprint density at radius 3 is 2.54 bits per heavy atom. The second kappa shape index (κ2) is 8.52. The van der Waals surface area contributed by atoms with Gasteiger partial charge in [-0.1, -0.05) is 0 Å². The summed E-state index contributed by atoms with van der Waals surface area (Å²) >= 11 is 0. The largest absolute Gasteiger partial charge is 0.491 e. The number of hydrogen-bond acceptors (Lipinski definition) is 4. The number of piperidine rings is 1. The first-order chi connectivity index (χ1) is 11.5. The molecule has 2 amide bonds. The molecule has 0 spiro atoms. The van der Waals surface area contributed by atoms with Crippen LogP contribution in [0.15, 0.2) is 18.2 Å². The zero-order valence-corrected chi connectivity index (χ0v) is 14.0. The van der Waals surface area contributed by atoms with Crippen LogP contribution in [-0.4, -0.2) is 49.2 Å². The molecule has 1 heterocycles. The average molecular weight is 338 g/mol. The maximum absolute atomic E-state index is 13.8. The van der Waals surface area contributed by atoms with Crippen molar-refractivity contribution in [2.24, 2.45) is 0 Å². The van der Waals surface area contributed by atoms with E-state index in [-0.39, 0.29) is 29.4 Å². The Labute approximate surface area is 140 Å². The number of carbonyl (C=O) groups is 2. The molecule has 1 saturated heterocycles. The molecule has 0 atom stereocenters. The van der Waals surface area contributed by atoms with Gasteiger partial charge in [0.2, 0.25) is 0 Å². The molecule has 1 N–H and O–H groups in total. The third-order valence-corrected chi connectivity index (χ3v) is 3.85. The van der Waals surface area contributed by atoms with Gasteiger partial charge in [0.05, 0.1) is 13.2 Å². The van der Waals surface area contributed by atoms with Crippen LogP contribution in [0.25, 0.3) is 0 Å². The van der Waals surface area contributed by atoms with Crippen LogP contribution < -0.4 is 10.1 Å². The number of nitrogens with zero attached hydrogens (tertiary/aromatic N) is 1. The summed E-state index contributed by atoms with van der Waals surface area (Å²) in [7, 11) is 0. The Kier molecular flexibility index (Phi) is 6.40. The van der Waals surface area contributed by atoms with Crippen molar-refractivity contribution in [3.63, 3.8) is 0 Å². The molecule has 0 bridgehead atoms. The molecule has 1 fully saturated rings. The lowest BCUT2D eigenvalue weighted by atomic mass is 10.0.